The van der Waals surface area contributed by atoms with E-state index in [0.717, 1.165) is 22.8 Å². The number of carbonyl (C=O) groups excluding carboxylic acids is 2. The monoisotopic (exact) mass is 371 g/mol. The standard InChI is InChI=1S/C20H21NO6/c1-11-8-13(3)16(9-12(11)2)19(22)14(4)27-20(23)17-10-15(21(24)25)6-7-18(17)26-5/h6-10,14H,1-5H3/t14-/m1/s1. The van der Waals surface area contributed by atoms with Gasteiger partial charge < -0.3 is 9.47 Å². The fourth-order valence-electron chi connectivity index (χ4n) is 2.69. The zero-order chi connectivity index (χ0) is 20.3. The van der Waals surface area contributed by atoms with Crippen molar-refractivity contribution in [1.82, 2.24) is 0 Å². The molecule has 2 aromatic carbocycles. The number of carbonyl (C=O) groups is 2. The van der Waals surface area contributed by atoms with E-state index < -0.39 is 17.0 Å². The first kappa shape index (κ1) is 20.1. The summed E-state index contributed by atoms with van der Waals surface area (Å²) in [6, 6.07) is 7.28. The van der Waals surface area contributed by atoms with Crippen LogP contribution in [0.25, 0.3) is 0 Å². The quantitative estimate of drug-likeness (QED) is 0.330. The lowest BCUT2D eigenvalue weighted by Crippen LogP contribution is -2.25. The van der Waals surface area contributed by atoms with E-state index in [0.29, 0.717) is 5.56 Å². The molecular formula is C20H21NO6. The maximum absolute atomic E-state index is 12.7. The number of Topliss-reactive ketones (excluding diaryl/α,β-unsaturated/α-hetero) is 1. The average molecular weight is 371 g/mol. The highest BCUT2D eigenvalue weighted by Crippen LogP contribution is 2.26. The summed E-state index contributed by atoms with van der Waals surface area (Å²) in [5.74, 6) is -1.07. The lowest BCUT2D eigenvalue weighted by molar-refractivity contribution is -0.384. The van der Waals surface area contributed by atoms with Gasteiger partial charge in [0.25, 0.3) is 5.69 Å². The van der Waals surface area contributed by atoms with E-state index in [2.05, 4.69) is 0 Å². The van der Waals surface area contributed by atoms with Crippen molar-refractivity contribution in [2.45, 2.75) is 33.8 Å². The molecule has 2 rings (SSSR count). The van der Waals surface area contributed by atoms with Gasteiger partial charge in [0.15, 0.2) is 6.10 Å². The third kappa shape index (κ3) is 4.31. The number of non-ortho nitro benzene ring substituents is 1. The molecule has 0 N–H and O–H groups in total. The zero-order valence-corrected chi connectivity index (χ0v) is 15.9. The van der Waals surface area contributed by atoms with Crippen molar-refractivity contribution in [3.05, 3.63) is 68.3 Å². The number of nitro benzene ring substituents is 1. The van der Waals surface area contributed by atoms with Crippen LogP contribution in [0.1, 0.15) is 44.3 Å². The first-order chi connectivity index (χ1) is 12.6. The highest BCUT2D eigenvalue weighted by molar-refractivity contribution is 6.03. The summed E-state index contributed by atoms with van der Waals surface area (Å²) < 4.78 is 10.3. The molecule has 0 aromatic heterocycles. The van der Waals surface area contributed by atoms with Crippen LogP contribution in [0.2, 0.25) is 0 Å². The van der Waals surface area contributed by atoms with E-state index in [1.165, 1.54) is 26.2 Å². The van der Waals surface area contributed by atoms with Gasteiger partial charge in [0.1, 0.15) is 11.3 Å². The van der Waals surface area contributed by atoms with Crippen LogP contribution in [0.15, 0.2) is 30.3 Å². The Bertz CT molecular complexity index is 919. The molecule has 0 spiro atoms. The lowest BCUT2D eigenvalue weighted by atomic mass is 9.96. The Kier molecular flexibility index (Phi) is 5.95. The Balaban J connectivity index is 2.28. The number of benzene rings is 2. The smallest absolute Gasteiger partial charge is 0.342 e. The van der Waals surface area contributed by atoms with Crippen molar-refractivity contribution >= 4 is 17.4 Å². The molecule has 0 fully saturated rings. The number of aryl methyl sites for hydroxylation is 3. The number of methoxy groups -OCH3 is 1. The normalized spacial score (nSPS) is 11.6. The molecule has 0 heterocycles. The second-order valence-corrected chi connectivity index (χ2v) is 6.30. The Morgan fingerprint density at radius 3 is 2.22 bits per heavy atom. The third-order valence-corrected chi connectivity index (χ3v) is 4.37. The van der Waals surface area contributed by atoms with E-state index in [4.69, 9.17) is 9.47 Å². The van der Waals surface area contributed by atoms with Crippen molar-refractivity contribution in [3.8, 4) is 5.75 Å². The summed E-state index contributed by atoms with van der Waals surface area (Å²) in [5.41, 5.74) is 2.91. The van der Waals surface area contributed by atoms with Crippen LogP contribution < -0.4 is 4.74 Å². The predicted octanol–water partition coefficient (Wildman–Crippen LogP) is 3.96. The van der Waals surface area contributed by atoms with Crippen molar-refractivity contribution < 1.29 is 24.0 Å². The molecule has 7 nitrogen and oxygen atoms in total. The van der Waals surface area contributed by atoms with Crippen molar-refractivity contribution in [2.24, 2.45) is 0 Å². The molecule has 0 saturated carbocycles. The summed E-state index contributed by atoms with van der Waals surface area (Å²) in [6.45, 7) is 7.14. The number of nitrogens with zero attached hydrogens (tertiary/aromatic N) is 1. The molecule has 0 aliphatic heterocycles. The number of ether oxygens (including phenoxy) is 2. The second-order valence-electron chi connectivity index (χ2n) is 6.30. The molecule has 27 heavy (non-hydrogen) atoms. The van der Waals surface area contributed by atoms with Crippen LogP contribution in [-0.2, 0) is 4.74 Å². The highest BCUT2D eigenvalue weighted by Gasteiger charge is 2.25. The summed E-state index contributed by atoms with van der Waals surface area (Å²) in [5, 5.41) is 10.9. The van der Waals surface area contributed by atoms with E-state index >= 15 is 0 Å². The van der Waals surface area contributed by atoms with Gasteiger partial charge in [0.05, 0.1) is 12.0 Å². The minimum absolute atomic E-state index is 0.108. The number of rotatable bonds is 6. The molecule has 142 valence electrons. The Hall–Kier alpha value is -3.22. The van der Waals surface area contributed by atoms with Crippen LogP contribution in [0.4, 0.5) is 5.69 Å². The maximum atomic E-state index is 12.7. The van der Waals surface area contributed by atoms with Gasteiger partial charge in [0, 0.05) is 17.7 Å². The van der Waals surface area contributed by atoms with Gasteiger partial charge in [-0.15, -0.1) is 0 Å². The van der Waals surface area contributed by atoms with E-state index in [9.17, 15) is 19.7 Å². The summed E-state index contributed by atoms with van der Waals surface area (Å²) in [4.78, 5) is 35.5. The maximum Gasteiger partial charge on any atom is 0.342 e. The van der Waals surface area contributed by atoms with Gasteiger partial charge in [-0.3, -0.25) is 14.9 Å². The average Bonchev–Trinajstić information content (AvgIpc) is 2.63. The number of esters is 1. The minimum Gasteiger partial charge on any atom is -0.496 e. The summed E-state index contributed by atoms with van der Waals surface area (Å²) >= 11 is 0. The first-order valence-electron chi connectivity index (χ1n) is 8.31. The van der Waals surface area contributed by atoms with E-state index in [-0.39, 0.29) is 22.8 Å². The molecule has 0 radical (unpaired) electrons. The third-order valence-electron chi connectivity index (χ3n) is 4.37. The molecular weight excluding hydrogens is 350 g/mol. The van der Waals surface area contributed by atoms with Crippen molar-refractivity contribution in [2.75, 3.05) is 7.11 Å². The minimum atomic E-state index is -1.05. The molecule has 0 aliphatic rings. The molecule has 0 amide bonds. The molecule has 0 aliphatic carbocycles. The SMILES string of the molecule is COc1ccc([N+](=O)[O-])cc1C(=O)O[C@H](C)C(=O)c1cc(C)c(C)cc1C. The fourth-order valence-corrected chi connectivity index (χ4v) is 2.69. The van der Waals surface area contributed by atoms with Crippen molar-refractivity contribution in [3.63, 3.8) is 0 Å². The molecule has 1 atom stereocenters. The van der Waals surface area contributed by atoms with Crippen molar-refractivity contribution in [1.29, 1.82) is 0 Å². The van der Waals surface area contributed by atoms with Gasteiger partial charge in [-0.1, -0.05) is 6.07 Å². The Morgan fingerprint density at radius 1 is 1.00 bits per heavy atom. The first-order valence-corrected chi connectivity index (χ1v) is 8.31. The molecule has 0 unspecified atom stereocenters. The number of ketones is 1. The van der Waals surface area contributed by atoms with E-state index in [1.54, 1.807) is 6.07 Å². The topological polar surface area (TPSA) is 95.7 Å². The van der Waals surface area contributed by atoms with Crippen LogP contribution in [-0.4, -0.2) is 29.9 Å². The number of hydrogen-bond acceptors (Lipinski definition) is 6. The Morgan fingerprint density at radius 2 is 1.63 bits per heavy atom. The zero-order valence-electron chi connectivity index (χ0n) is 15.9. The van der Waals surface area contributed by atoms with Crippen LogP contribution in [0, 0.1) is 30.9 Å². The van der Waals surface area contributed by atoms with Gasteiger partial charge in [-0.25, -0.2) is 4.79 Å². The van der Waals surface area contributed by atoms with Crippen LogP contribution >= 0.6 is 0 Å². The Labute approximate surface area is 157 Å². The lowest BCUT2D eigenvalue weighted by Gasteiger charge is -2.16. The summed E-state index contributed by atoms with van der Waals surface area (Å²) in [7, 11) is 1.34. The second kappa shape index (κ2) is 7.99. The molecule has 7 heteroatoms. The highest BCUT2D eigenvalue weighted by atomic mass is 16.6. The predicted molar refractivity (Wildman–Crippen MR) is 99.5 cm³/mol. The summed E-state index contributed by atoms with van der Waals surface area (Å²) in [6.07, 6.45) is -1.05. The van der Waals surface area contributed by atoms with Crippen LogP contribution in [0.3, 0.4) is 0 Å². The van der Waals surface area contributed by atoms with Gasteiger partial charge >= 0.3 is 5.97 Å². The molecule has 0 saturated heterocycles. The largest absolute Gasteiger partial charge is 0.496 e. The van der Waals surface area contributed by atoms with E-state index in [1.807, 2.05) is 26.8 Å². The van der Waals surface area contributed by atoms with Gasteiger partial charge in [-0.05, 0) is 56.5 Å². The number of hydrogen-bond donors (Lipinski definition) is 0. The molecule has 2 aromatic rings. The number of nitro groups is 1. The molecule has 0 bridgehead atoms. The van der Waals surface area contributed by atoms with Crippen LogP contribution in [0.5, 0.6) is 5.75 Å². The van der Waals surface area contributed by atoms with Gasteiger partial charge in [0.2, 0.25) is 5.78 Å². The fraction of sp³-hybridized carbons (Fsp3) is 0.300. The van der Waals surface area contributed by atoms with Gasteiger partial charge in [-0.2, -0.15) is 0 Å².